The number of benzene rings is 1. The second-order valence-electron chi connectivity index (χ2n) is 4.88. The first-order chi connectivity index (χ1) is 10.5. The van der Waals surface area contributed by atoms with Gasteiger partial charge in [-0.05, 0) is 37.1 Å². The van der Waals surface area contributed by atoms with Crippen LogP contribution < -0.4 is 5.32 Å². The molecule has 7 heteroatoms. The highest BCUT2D eigenvalue weighted by Crippen LogP contribution is 2.18. The molecule has 0 radical (unpaired) electrons. The minimum absolute atomic E-state index is 0.0150. The molecule has 0 unspecified atom stereocenters. The van der Waals surface area contributed by atoms with E-state index in [4.69, 9.17) is 16.3 Å². The van der Waals surface area contributed by atoms with Gasteiger partial charge in [0.1, 0.15) is 0 Å². The highest BCUT2D eigenvalue weighted by atomic mass is 35.5. The molecule has 0 aliphatic heterocycles. The molecule has 1 fully saturated rings. The van der Waals surface area contributed by atoms with Crippen molar-refractivity contribution < 1.29 is 19.1 Å². The summed E-state index contributed by atoms with van der Waals surface area (Å²) in [7, 11) is 0. The first-order valence-electron chi connectivity index (χ1n) is 6.90. The summed E-state index contributed by atoms with van der Waals surface area (Å²) in [4.78, 5) is 34.6. The zero-order valence-corrected chi connectivity index (χ0v) is 13.4. The number of carbonyl (C=O) groups is 3. The highest BCUT2D eigenvalue weighted by Gasteiger charge is 2.27. The van der Waals surface area contributed by atoms with Gasteiger partial charge in [-0.25, -0.2) is 0 Å². The van der Waals surface area contributed by atoms with Gasteiger partial charge < -0.3 is 10.1 Å². The van der Waals surface area contributed by atoms with Crippen LogP contribution in [0.3, 0.4) is 0 Å². The summed E-state index contributed by atoms with van der Waals surface area (Å²) in [6, 6.07) is 6.76. The van der Waals surface area contributed by atoms with E-state index in [1.807, 2.05) is 0 Å². The molecule has 22 heavy (non-hydrogen) atoms. The predicted octanol–water partition coefficient (Wildman–Crippen LogP) is 2.68. The third-order valence-electron chi connectivity index (χ3n) is 3.10. The number of halogens is 1. The number of hydrogen-bond acceptors (Lipinski definition) is 5. The van der Waals surface area contributed by atoms with Crippen molar-refractivity contribution >= 4 is 46.7 Å². The molecule has 1 aromatic carbocycles. The van der Waals surface area contributed by atoms with Gasteiger partial charge in [-0.2, -0.15) is 0 Å². The molecule has 1 atom stereocenters. The molecule has 1 N–H and O–H groups in total. The Hall–Kier alpha value is -1.53. The second-order valence-corrected chi connectivity index (χ2v) is 6.31. The van der Waals surface area contributed by atoms with Gasteiger partial charge in [0.05, 0.1) is 11.5 Å². The lowest BCUT2D eigenvalue weighted by molar-refractivity contribution is -0.150. The van der Waals surface area contributed by atoms with Gasteiger partial charge in [0.2, 0.25) is 5.91 Å². The van der Waals surface area contributed by atoms with Crippen molar-refractivity contribution in [2.45, 2.75) is 25.4 Å². The molecular weight excluding hydrogens is 326 g/mol. The van der Waals surface area contributed by atoms with E-state index in [0.717, 1.165) is 18.2 Å². The number of Topliss-reactive ketones (excluding diaryl/α,β-unsaturated/α-hetero) is 1. The third kappa shape index (κ3) is 5.35. The van der Waals surface area contributed by atoms with Crippen LogP contribution in [0.15, 0.2) is 24.3 Å². The maximum atomic E-state index is 11.7. The maximum absolute atomic E-state index is 11.7. The second kappa shape index (κ2) is 8.19. The molecule has 118 valence electrons. The minimum atomic E-state index is -0.587. The number of nitrogens with one attached hydrogen (secondary N) is 1. The SMILES string of the molecule is O=C(CSCC(=O)O[C@@H]1CCCC1=O)Nc1ccc(Cl)cc1. The van der Waals surface area contributed by atoms with Gasteiger partial charge in [-0.3, -0.25) is 14.4 Å². The molecular formula is C15H16ClNO4S. The van der Waals surface area contributed by atoms with Crippen molar-refractivity contribution in [2.24, 2.45) is 0 Å². The first-order valence-corrected chi connectivity index (χ1v) is 8.43. The van der Waals surface area contributed by atoms with Gasteiger partial charge in [-0.1, -0.05) is 11.6 Å². The van der Waals surface area contributed by atoms with Crippen LogP contribution in [0.4, 0.5) is 5.69 Å². The molecule has 2 rings (SSSR count). The van der Waals surface area contributed by atoms with Crippen molar-refractivity contribution in [2.75, 3.05) is 16.8 Å². The monoisotopic (exact) mass is 341 g/mol. The first kappa shape index (κ1) is 16.8. The number of ketones is 1. The fourth-order valence-electron chi connectivity index (χ4n) is 2.06. The lowest BCUT2D eigenvalue weighted by Gasteiger charge is -2.10. The average Bonchev–Trinajstić information content (AvgIpc) is 2.87. The van der Waals surface area contributed by atoms with Crippen LogP contribution in [-0.4, -0.2) is 35.3 Å². The van der Waals surface area contributed by atoms with E-state index in [1.165, 1.54) is 0 Å². The Morgan fingerprint density at radius 2 is 2.00 bits per heavy atom. The summed E-state index contributed by atoms with van der Waals surface area (Å²) >= 11 is 6.91. The van der Waals surface area contributed by atoms with E-state index < -0.39 is 12.1 Å². The number of amides is 1. The summed E-state index contributed by atoms with van der Waals surface area (Å²) < 4.78 is 5.08. The van der Waals surface area contributed by atoms with Crippen LogP contribution in [0.1, 0.15) is 19.3 Å². The maximum Gasteiger partial charge on any atom is 0.316 e. The van der Waals surface area contributed by atoms with E-state index in [1.54, 1.807) is 24.3 Å². The van der Waals surface area contributed by atoms with Gasteiger partial charge in [0.25, 0.3) is 0 Å². The normalized spacial score (nSPS) is 17.3. The predicted molar refractivity (Wildman–Crippen MR) is 86.1 cm³/mol. The lowest BCUT2D eigenvalue weighted by atomic mass is 10.3. The zero-order valence-electron chi connectivity index (χ0n) is 11.8. The van der Waals surface area contributed by atoms with Gasteiger partial charge in [0.15, 0.2) is 11.9 Å². The van der Waals surface area contributed by atoms with Crippen molar-refractivity contribution in [3.63, 3.8) is 0 Å². The molecule has 1 aliphatic rings. The standard InChI is InChI=1S/C15H16ClNO4S/c16-10-4-6-11(7-5-10)17-14(19)8-22-9-15(20)21-13-3-1-2-12(13)18/h4-7,13H,1-3,8-9H2,(H,17,19)/t13-/m1/s1. The fraction of sp³-hybridized carbons (Fsp3) is 0.400. The van der Waals surface area contributed by atoms with Crippen LogP contribution in [-0.2, 0) is 19.1 Å². The Morgan fingerprint density at radius 1 is 1.27 bits per heavy atom. The highest BCUT2D eigenvalue weighted by molar-refractivity contribution is 8.00. The van der Waals surface area contributed by atoms with Crippen molar-refractivity contribution in [3.05, 3.63) is 29.3 Å². The Labute approximate surface area is 137 Å². The molecule has 0 saturated heterocycles. The fourth-order valence-corrected chi connectivity index (χ4v) is 2.78. The number of ether oxygens (including phenoxy) is 1. The smallest absolute Gasteiger partial charge is 0.316 e. The molecule has 1 aromatic rings. The van der Waals surface area contributed by atoms with Crippen LogP contribution in [0.25, 0.3) is 0 Å². The minimum Gasteiger partial charge on any atom is -0.454 e. The molecule has 1 saturated carbocycles. The van der Waals surface area contributed by atoms with E-state index in [2.05, 4.69) is 5.32 Å². The van der Waals surface area contributed by atoms with Crippen LogP contribution in [0.2, 0.25) is 5.02 Å². The lowest BCUT2D eigenvalue weighted by Crippen LogP contribution is -2.23. The van der Waals surface area contributed by atoms with Crippen molar-refractivity contribution in [3.8, 4) is 0 Å². The van der Waals surface area contributed by atoms with Gasteiger partial charge in [-0.15, -0.1) is 11.8 Å². The molecule has 0 aromatic heterocycles. The summed E-state index contributed by atoms with van der Waals surface area (Å²) in [5.41, 5.74) is 0.647. The van der Waals surface area contributed by atoms with E-state index in [0.29, 0.717) is 23.6 Å². The Kier molecular flexibility index (Phi) is 6.27. The molecule has 1 aliphatic carbocycles. The molecule has 0 bridgehead atoms. The Morgan fingerprint density at radius 3 is 2.64 bits per heavy atom. The van der Waals surface area contributed by atoms with E-state index >= 15 is 0 Å². The van der Waals surface area contributed by atoms with Crippen molar-refractivity contribution in [1.82, 2.24) is 0 Å². The number of esters is 1. The van der Waals surface area contributed by atoms with Crippen LogP contribution in [0, 0.1) is 0 Å². The third-order valence-corrected chi connectivity index (χ3v) is 4.26. The van der Waals surface area contributed by atoms with E-state index in [-0.39, 0.29) is 23.2 Å². The van der Waals surface area contributed by atoms with E-state index in [9.17, 15) is 14.4 Å². The summed E-state index contributed by atoms with van der Waals surface area (Å²) in [6.07, 6.45) is 1.27. The Balaban J connectivity index is 1.65. The van der Waals surface area contributed by atoms with Crippen LogP contribution >= 0.6 is 23.4 Å². The Bertz CT molecular complexity index is 561. The number of rotatable bonds is 6. The van der Waals surface area contributed by atoms with Crippen molar-refractivity contribution in [1.29, 1.82) is 0 Å². The summed E-state index contributed by atoms with van der Waals surface area (Å²) in [5, 5.41) is 3.29. The molecule has 5 nitrogen and oxygen atoms in total. The average molecular weight is 342 g/mol. The molecule has 0 spiro atoms. The largest absolute Gasteiger partial charge is 0.454 e. The van der Waals surface area contributed by atoms with Gasteiger partial charge >= 0.3 is 5.97 Å². The zero-order chi connectivity index (χ0) is 15.9. The quantitative estimate of drug-likeness (QED) is 0.805. The number of hydrogen-bond donors (Lipinski definition) is 1. The number of anilines is 1. The summed E-state index contributed by atoms with van der Waals surface area (Å²) in [5.74, 6) is -0.492. The molecule has 1 amide bonds. The topological polar surface area (TPSA) is 72.5 Å². The number of thioether (sulfide) groups is 1. The van der Waals surface area contributed by atoms with Gasteiger partial charge in [0, 0.05) is 17.1 Å². The summed E-state index contributed by atoms with van der Waals surface area (Å²) in [6.45, 7) is 0. The number of carbonyl (C=O) groups excluding carboxylic acids is 3. The molecule has 0 heterocycles. The van der Waals surface area contributed by atoms with Crippen LogP contribution in [0.5, 0.6) is 0 Å².